The zero-order chi connectivity index (χ0) is 7.98. The minimum absolute atomic E-state index is 0.584. The lowest BCUT2D eigenvalue weighted by Gasteiger charge is -1.94. The summed E-state index contributed by atoms with van der Waals surface area (Å²) >= 11 is 0. The Morgan fingerprint density at radius 3 is 2.40 bits per heavy atom. The van der Waals surface area contributed by atoms with Gasteiger partial charge in [-0.2, -0.15) is 0 Å². The van der Waals surface area contributed by atoms with Gasteiger partial charge in [0.1, 0.15) is 0 Å². The summed E-state index contributed by atoms with van der Waals surface area (Å²) < 4.78 is 0. The number of rotatable bonds is 3. The Labute approximate surface area is 62.3 Å². The van der Waals surface area contributed by atoms with Crippen molar-refractivity contribution in [3.05, 3.63) is 36.5 Å². The van der Waals surface area contributed by atoms with Gasteiger partial charge in [0, 0.05) is 5.71 Å². The van der Waals surface area contributed by atoms with Crippen molar-refractivity contribution < 1.29 is 0 Å². The predicted octanol–water partition coefficient (Wildman–Crippen LogP) is 2.71. The van der Waals surface area contributed by atoms with Gasteiger partial charge in [-0.25, -0.2) is 0 Å². The average Bonchev–Trinajstić information content (AvgIpc) is 1.89. The Morgan fingerprint density at radius 1 is 1.50 bits per heavy atom. The average molecular weight is 135 g/mol. The summed E-state index contributed by atoms with van der Waals surface area (Å²) in [4.78, 5) is 0. The maximum absolute atomic E-state index is 7.28. The molecule has 0 aliphatic carbocycles. The third kappa shape index (κ3) is 3.02. The molecule has 1 nitrogen and oxygen atoms in total. The van der Waals surface area contributed by atoms with E-state index in [4.69, 9.17) is 5.41 Å². The second kappa shape index (κ2) is 4.74. The van der Waals surface area contributed by atoms with Crippen LogP contribution in [0.5, 0.6) is 0 Å². The van der Waals surface area contributed by atoms with Gasteiger partial charge in [-0.05, 0) is 19.4 Å². The Balaban J connectivity index is 4.25. The zero-order valence-corrected chi connectivity index (χ0v) is 6.52. The van der Waals surface area contributed by atoms with Crippen LogP contribution in [0.4, 0.5) is 0 Å². The largest absolute Gasteiger partial charge is 0.305 e. The van der Waals surface area contributed by atoms with Crippen molar-refractivity contribution >= 4 is 5.71 Å². The van der Waals surface area contributed by atoms with Gasteiger partial charge in [0.05, 0.1) is 0 Å². The normalized spacial score (nSPS) is 12.0. The first-order valence-electron chi connectivity index (χ1n) is 3.23. The molecule has 0 atom stereocenters. The summed E-state index contributed by atoms with van der Waals surface area (Å²) in [5, 5.41) is 7.28. The lowest BCUT2D eigenvalue weighted by molar-refractivity contribution is 1.45. The first kappa shape index (κ1) is 8.89. The van der Waals surface area contributed by atoms with Crippen LogP contribution in [0.1, 0.15) is 13.8 Å². The standard InChI is InChI=1S/C9H13N/c1-4-6-7-9(5-2)8(3)10/h4-7,10H,1H2,2-3H3/b7-6-,9-5+,10-8?. The van der Waals surface area contributed by atoms with Gasteiger partial charge in [-0.1, -0.05) is 30.9 Å². The highest BCUT2D eigenvalue weighted by atomic mass is 14.4. The molecule has 0 unspecified atom stereocenters. The summed E-state index contributed by atoms with van der Waals surface area (Å²) in [6.07, 6.45) is 7.30. The molecule has 0 aliphatic rings. The highest BCUT2D eigenvalue weighted by Crippen LogP contribution is 1.97. The van der Waals surface area contributed by atoms with Crippen molar-refractivity contribution in [3.63, 3.8) is 0 Å². The molecule has 0 aromatic carbocycles. The van der Waals surface area contributed by atoms with Crippen LogP contribution in [-0.2, 0) is 0 Å². The molecule has 0 radical (unpaired) electrons. The van der Waals surface area contributed by atoms with E-state index in [9.17, 15) is 0 Å². The maximum atomic E-state index is 7.28. The number of nitrogens with one attached hydrogen (secondary N) is 1. The Hall–Kier alpha value is -1.11. The highest BCUT2D eigenvalue weighted by Gasteiger charge is 1.89. The molecule has 0 spiro atoms. The van der Waals surface area contributed by atoms with Crippen molar-refractivity contribution in [3.8, 4) is 0 Å². The second-order valence-electron chi connectivity index (χ2n) is 1.96. The van der Waals surface area contributed by atoms with Gasteiger partial charge in [-0.3, -0.25) is 0 Å². The molecule has 10 heavy (non-hydrogen) atoms. The minimum atomic E-state index is 0.584. The topological polar surface area (TPSA) is 23.9 Å². The first-order valence-corrected chi connectivity index (χ1v) is 3.23. The van der Waals surface area contributed by atoms with E-state index in [1.54, 1.807) is 13.0 Å². The molecule has 54 valence electrons. The van der Waals surface area contributed by atoms with Gasteiger partial charge in [0.2, 0.25) is 0 Å². The zero-order valence-electron chi connectivity index (χ0n) is 6.52. The van der Waals surface area contributed by atoms with Crippen LogP contribution in [0.2, 0.25) is 0 Å². The monoisotopic (exact) mass is 135 g/mol. The molecule has 0 amide bonds. The van der Waals surface area contributed by atoms with E-state index in [-0.39, 0.29) is 0 Å². The molecule has 0 heterocycles. The minimum Gasteiger partial charge on any atom is -0.305 e. The number of hydrogen-bond acceptors (Lipinski definition) is 1. The van der Waals surface area contributed by atoms with Crippen molar-refractivity contribution in [2.75, 3.05) is 0 Å². The summed E-state index contributed by atoms with van der Waals surface area (Å²) in [5.41, 5.74) is 1.53. The van der Waals surface area contributed by atoms with Crippen LogP contribution in [0, 0.1) is 5.41 Å². The number of allylic oxidation sites excluding steroid dienone is 5. The lowest BCUT2D eigenvalue weighted by atomic mass is 10.1. The fraction of sp³-hybridized carbons (Fsp3) is 0.222. The Kier molecular flexibility index (Phi) is 4.21. The van der Waals surface area contributed by atoms with Gasteiger partial charge in [0.25, 0.3) is 0 Å². The van der Waals surface area contributed by atoms with E-state index in [1.165, 1.54) is 0 Å². The predicted molar refractivity (Wildman–Crippen MR) is 46.5 cm³/mol. The molecule has 0 rings (SSSR count). The maximum Gasteiger partial charge on any atom is 0.0351 e. The van der Waals surface area contributed by atoms with E-state index in [0.29, 0.717) is 5.71 Å². The van der Waals surface area contributed by atoms with Crippen molar-refractivity contribution in [2.24, 2.45) is 0 Å². The van der Waals surface area contributed by atoms with Crippen molar-refractivity contribution in [1.82, 2.24) is 0 Å². The quantitative estimate of drug-likeness (QED) is 0.454. The molecular formula is C9H13N. The SMILES string of the molecule is C=C/C=C\C(=C/C)C(C)=N. The third-order valence-electron chi connectivity index (χ3n) is 1.16. The smallest absolute Gasteiger partial charge is 0.0351 e. The Bertz CT molecular complexity index is 185. The molecule has 0 aromatic heterocycles. The molecule has 0 saturated carbocycles. The summed E-state index contributed by atoms with van der Waals surface area (Å²) in [6.45, 7) is 7.23. The molecule has 0 fully saturated rings. The first-order chi connectivity index (χ1) is 4.72. The van der Waals surface area contributed by atoms with Crippen LogP contribution >= 0.6 is 0 Å². The number of hydrogen-bond donors (Lipinski definition) is 1. The van der Waals surface area contributed by atoms with E-state index >= 15 is 0 Å². The van der Waals surface area contributed by atoms with E-state index < -0.39 is 0 Å². The van der Waals surface area contributed by atoms with Crippen LogP contribution in [0.25, 0.3) is 0 Å². The summed E-state index contributed by atoms with van der Waals surface area (Å²) in [7, 11) is 0. The van der Waals surface area contributed by atoms with Crippen molar-refractivity contribution in [2.45, 2.75) is 13.8 Å². The highest BCUT2D eigenvalue weighted by molar-refractivity contribution is 5.98. The van der Waals surface area contributed by atoms with Crippen molar-refractivity contribution in [1.29, 1.82) is 5.41 Å². The Morgan fingerprint density at radius 2 is 2.10 bits per heavy atom. The molecule has 1 N–H and O–H groups in total. The molecule has 0 aromatic rings. The van der Waals surface area contributed by atoms with Gasteiger partial charge < -0.3 is 5.41 Å². The van der Waals surface area contributed by atoms with Crippen LogP contribution in [0.15, 0.2) is 36.5 Å². The van der Waals surface area contributed by atoms with E-state index in [1.807, 2.05) is 25.2 Å². The molecule has 1 heteroatoms. The van der Waals surface area contributed by atoms with Crippen LogP contribution in [-0.4, -0.2) is 5.71 Å². The fourth-order valence-electron chi connectivity index (χ4n) is 0.609. The molecule has 0 aliphatic heterocycles. The van der Waals surface area contributed by atoms with E-state index in [0.717, 1.165) is 5.57 Å². The summed E-state index contributed by atoms with van der Waals surface area (Å²) in [6, 6.07) is 0. The molecule has 0 saturated heterocycles. The van der Waals surface area contributed by atoms with Crippen LogP contribution < -0.4 is 0 Å². The van der Waals surface area contributed by atoms with Crippen LogP contribution in [0.3, 0.4) is 0 Å². The van der Waals surface area contributed by atoms with Gasteiger partial charge in [-0.15, -0.1) is 0 Å². The second-order valence-corrected chi connectivity index (χ2v) is 1.96. The van der Waals surface area contributed by atoms with Gasteiger partial charge >= 0.3 is 0 Å². The third-order valence-corrected chi connectivity index (χ3v) is 1.16. The van der Waals surface area contributed by atoms with E-state index in [2.05, 4.69) is 6.58 Å². The molecule has 0 bridgehead atoms. The van der Waals surface area contributed by atoms with Gasteiger partial charge in [0.15, 0.2) is 0 Å². The lowest BCUT2D eigenvalue weighted by Crippen LogP contribution is -1.89. The fourth-order valence-corrected chi connectivity index (χ4v) is 0.609. The summed E-state index contributed by atoms with van der Waals surface area (Å²) in [5.74, 6) is 0. The molecular weight excluding hydrogens is 122 g/mol.